The van der Waals surface area contributed by atoms with Crippen molar-refractivity contribution in [1.82, 2.24) is 4.90 Å². The van der Waals surface area contributed by atoms with Gasteiger partial charge >= 0.3 is 0 Å². The van der Waals surface area contributed by atoms with E-state index in [9.17, 15) is 14.7 Å². The molecule has 0 radical (unpaired) electrons. The summed E-state index contributed by atoms with van der Waals surface area (Å²) in [5.41, 5.74) is 0.896. The fourth-order valence-corrected chi connectivity index (χ4v) is 3.94. The molecule has 2 aromatic rings. The maximum Gasteiger partial charge on any atom is 0.290 e. The lowest BCUT2D eigenvalue weighted by Gasteiger charge is -2.29. The summed E-state index contributed by atoms with van der Waals surface area (Å²) in [5.74, 6) is -0.870. The summed E-state index contributed by atoms with van der Waals surface area (Å²) in [4.78, 5) is 28.8. The van der Waals surface area contributed by atoms with Gasteiger partial charge in [-0.05, 0) is 29.8 Å². The molecule has 2 aliphatic heterocycles. The number of benzene rings is 1. The Labute approximate surface area is 174 Å². The van der Waals surface area contributed by atoms with Gasteiger partial charge < -0.3 is 24.1 Å². The molecule has 2 aliphatic rings. The number of nitrogens with one attached hydrogen (secondary N) is 1. The van der Waals surface area contributed by atoms with Crippen LogP contribution >= 0.6 is 0 Å². The molecular weight excluding hydrogens is 384 g/mol. The average Bonchev–Trinajstić information content (AvgIpc) is 3.39. The van der Waals surface area contributed by atoms with E-state index in [4.69, 9.17) is 9.15 Å². The van der Waals surface area contributed by atoms with E-state index in [1.807, 2.05) is 30.3 Å². The zero-order valence-corrected chi connectivity index (χ0v) is 16.6. The molecule has 7 nitrogen and oxygen atoms in total. The van der Waals surface area contributed by atoms with E-state index in [2.05, 4.69) is 0 Å². The van der Waals surface area contributed by atoms with Gasteiger partial charge in [-0.3, -0.25) is 9.59 Å². The molecule has 0 bridgehead atoms. The summed E-state index contributed by atoms with van der Waals surface area (Å²) < 4.78 is 10.6. The molecule has 0 saturated carbocycles. The molecule has 0 aliphatic carbocycles. The number of carbonyl (C=O) groups excluding carboxylic acids is 2. The topological polar surface area (TPSA) is 84.4 Å². The second kappa shape index (κ2) is 9.11. The van der Waals surface area contributed by atoms with E-state index in [0.29, 0.717) is 25.5 Å². The van der Waals surface area contributed by atoms with E-state index in [1.165, 1.54) is 23.3 Å². The standard InChI is InChI=1S/C23H24N2O5/c26-19(9-8-18-7-4-14-30-18)20-21(17-5-2-1-3-6-17)25(23(28)22(20)27)11-10-24-12-15-29-16-13-24/h1-9,14,21,27H,10-13,15-16H2/p+1/b9-8+/t21-/m0/s1. The first-order chi connectivity index (χ1) is 14.6. The van der Waals surface area contributed by atoms with Crippen LogP contribution in [-0.2, 0) is 14.3 Å². The third-order valence-corrected chi connectivity index (χ3v) is 5.53. The fourth-order valence-electron chi connectivity index (χ4n) is 3.94. The van der Waals surface area contributed by atoms with E-state index < -0.39 is 23.5 Å². The number of nitrogens with zero attached hydrogens (tertiary/aromatic N) is 1. The Hall–Kier alpha value is -3.16. The molecule has 1 amide bonds. The van der Waals surface area contributed by atoms with Crippen LogP contribution in [0.4, 0.5) is 0 Å². The number of ether oxygens (including phenoxy) is 1. The third kappa shape index (κ3) is 4.22. The molecule has 1 aromatic carbocycles. The highest BCUT2D eigenvalue weighted by molar-refractivity contribution is 6.14. The van der Waals surface area contributed by atoms with Crippen LogP contribution < -0.4 is 4.90 Å². The van der Waals surface area contributed by atoms with Crippen LogP contribution in [0.1, 0.15) is 17.4 Å². The zero-order chi connectivity index (χ0) is 20.9. The van der Waals surface area contributed by atoms with E-state index in [-0.39, 0.29) is 5.57 Å². The maximum atomic E-state index is 13.0. The normalized spacial score (nSPS) is 20.5. The Balaban J connectivity index is 1.59. The second-order valence-electron chi connectivity index (χ2n) is 7.40. The van der Waals surface area contributed by atoms with Crippen LogP contribution in [-0.4, -0.2) is 61.1 Å². The molecule has 1 aromatic heterocycles. The highest BCUT2D eigenvalue weighted by Gasteiger charge is 2.43. The van der Waals surface area contributed by atoms with Gasteiger partial charge in [0.05, 0.1) is 44.2 Å². The number of aliphatic hydroxyl groups excluding tert-OH is 1. The van der Waals surface area contributed by atoms with Crippen molar-refractivity contribution in [2.45, 2.75) is 6.04 Å². The number of hydrogen-bond acceptors (Lipinski definition) is 5. The van der Waals surface area contributed by atoms with Gasteiger partial charge in [0, 0.05) is 0 Å². The van der Waals surface area contributed by atoms with Gasteiger partial charge in [-0.2, -0.15) is 0 Å². The molecule has 156 valence electrons. The summed E-state index contributed by atoms with van der Waals surface area (Å²) in [6.45, 7) is 4.35. The number of allylic oxidation sites excluding steroid dienone is 1. The van der Waals surface area contributed by atoms with Crippen molar-refractivity contribution >= 4 is 17.8 Å². The van der Waals surface area contributed by atoms with E-state index in [1.54, 1.807) is 17.0 Å². The minimum atomic E-state index is -0.618. The van der Waals surface area contributed by atoms with Crippen LogP contribution in [0, 0.1) is 0 Å². The Kier molecular flexibility index (Phi) is 6.11. The maximum absolute atomic E-state index is 13.0. The Morgan fingerprint density at radius 3 is 2.63 bits per heavy atom. The van der Waals surface area contributed by atoms with Crippen molar-refractivity contribution in [3.63, 3.8) is 0 Å². The smallest absolute Gasteiger partial charge is 0.290 e. The molecular formula is C23H25N2O5+. The van der Waals surface area contributed by atoms with Crippen LogP contribution in [0.5, 0.6) is 0 Å². The molecule has 1 atom stereocenters. The van der Waals surface area contributed by atoms with Crippen molar-refractivity contribution in [3.05, 3.63) is 77.5 Å². The summed E-state index contributed by atoms with van der Waals surface area (Å²) in [5, 5.41) is 10.6. The van der Waals surface area contributed by atoms with Crippen LogP contribution in [0.25, 0.3) is 6.08 Å². The molecule has 1 saturated heterocycles. The van der Waals surface area contributed by atoms with E-state index in [0.717, 1.165) is 25.2 Å². The first-order valence-electron chi connectivity index (χ1n) is 10.1. The Bertz CT molecular complexity index is 943. The molecule has 0 unspecified atom stereocenters. The van der Waals surface area contributed by atoms with Crippen molar-refractivity contribution in [3.8, 4) is 0 Å². The highest BCUT2D eigenvalue weighted by Crippen LogP contribution is 2.37. The van der Waals surface area contributed by atoms with Gasteiger partial charge in [0.15, 0.2) is 11.5 Å². The lowest BCUT2D eigenvalue weighted by molar-refractivity contribution is -0.907. The van der Waals surface area contributed by atoms with Crippen molar-refractivity contribution < 1.29 is 28.7 Å². The summed E-state index contributed by atoms with van der Waals surface area (Å²) in [6, 6.07) is 12.2. The van der Waals surface area contributed by atoms with Gasteiger partial charge in [0.2, 0.25) is 0 Å². The summed E-state index contributed by atoms with van der Waals surface area (Å²) in [7, 11) is 0. The highest BCUT2D eigenvalue weighted by atomic mass is 16.5. The number of quaternary nitrogens is 1. The lowest BCUT2D eigenvalue weighted by Crippen LogP contribution is -3.14. The molecule has 3 heterocycles. The van der Waals surface area contributed by atoms with Crippen LogP contribution in [0.15, 0.2) is 70.6 Å². The summed E-state index contributed by atoms with van der Waals surface area (Å²) >= 11 is 0. The number of morpholine rings is 1. The Morgan fingerprint density at radius 2 is 1.93 bits per heavy atom. The second-order valence-corrected chi connectivity index (χ2v) is 7.40. The number of aliphatic hydroxyl groups is 1. The zero-order valence-electron chi connectivity index (χ0n) is 16.6. The third-order valence-electron chi connectivity index (χ3n) is 5.53. The van der Waals surface area contributed by atoms with Crippen molar-refractivity contribution in [2.75, 3.05) is 39.4 Å². The van der Waals surface area contributed by atoms with Gasteiger partial charge in [0.25, 0.3) is 5.91 Å². The van der Waals surface area contributed by atoms with Gasteiger partial charge in [-0.25, -0.2) is 0 Å². The van der Waals surface area contributed by atoms with Gasteiger partial charge in [-0.15, -0.1) is 0 Å². The average molecular weight is 409 g/mol. The van der Waals surface area contributed by atoms with Crippen LogP contribution in [0.3, 0.4) is 0 Å². The predicted octanol–water partition coefficient (Wildman–Crippen LogP) is 1.17. The molecule has 4 rings (SSSR count). The number of amides is 1. The largest absolute Gasteiger partial charge is 0.503 e. The van der Waals surface area contributed by atoms with Crippen LogP contribution in [0.2, 0.25) is 0 Å². The number of carbonyl (C=O) groups is 2. The Morgan fingerprint density at radius 1 is 1.17 bits per heavy atom. The van der Waals surface area contributed by atoms with Crippen molar-refractivity contribution in [1.29, 1.82) is 0 Å². The first-order valence-corrected chi connectivity index (χ1v) is 10.1. The summed E-state index contributed by atoms with van der Waals surface area (Å²) in [6.07, 6.45) is 4.39. The fraction of sp³-hybridized carbons (Fsp3) is 0.304. The predicted molar refractivity (Wildman–Crippen MR) is 110 cm³/mol. The molecule has 30 heavy (non-hydrogen) atoms. The van der Waals surface area contributed by atoms with Gasteiger partial charge in [0.1, 0.15) is 18.8 Å². The molecule has 7 heteroatoms. The molecule has 1 fully saturated rings. The van der Waals surface area contributed by atoms with E-state index >= 15 is 0 Å². The number of furan rings is 1. The number of ketones is 1. The van der Waals surface area contributed by atoms with Crippen molar-refractivity contribution in [2.24, 2.45) is 0 Å². The lowest BCUT2D eigenvalue weighted by atomic mass is 9.96. The number of rotatable bonds is 7. The minimum absolute atomic E-state index is 0.103. The minimum Gasteiger partial charge on any atom is -0.503 e. The molecule has 2 N–H and O–H groups in total. The first kappa shape index (κ1) is 20.1. The molecule has 0 spiro atoms. The van der Waals surface area contributed by atoms with Gasteiger partial charge in [-0.1, -0.05) is 30.3 Å². The quantitative estimate of drug-likeness (QED) is 0.671. The number of hydrogen-bond donors (Lipinski definition) is 2. The monoisotopic (exact) mass is 409 g/mol. The SMILES string of the molecule is O=C(/C=C/c1ccco1)C1=C(O)C(=O)N(CC[NH+]2CCOCC2)[C@H]1c1ccccc1.